The lowest BCUT2D eigenvalue weighted by Crippen LogP contribution is -2.63. The molecule has 3 heterocycles. The quantitative estimate of drug-likeness (QED) is 0.573. The van der Waals surface area contributed by atoms with Crippen LogP contribution in [-0.2, 0) is 15.4 Å². The molecule has 0 bridgehead atoms. The molecule has 10 heteroatoms. The van der Waals surface area contributed by atoms with E-state index in [0.717, 1.165) is 0 Å². The Bertz CT molecular complexity index is 1250. The van der Waals surface area contributed by atoms with Crippen molar-refractivity contribution in [3.63, 3.8) is 0 Å². The summed E-state index contributed by atoms with van der Waals surface area (Å²) in [5, 5.41) is 11.6. The van der Waals surface area contributed by atoms with E-state index in [2.05, 4.69) is 10.3 Å². The third kappa shape index (κ3) is 3.34. The Morgan fingerprint density at radius 1 is 1.23 bits per heavy atom. The minimum atomic E-state index is -3.60. The van der Waals surface area contributed by atoms with E-state index in [1.807, 2.05) is 0 Å². The van der Waals surface area contributed by atoms with Crippen LogP contribution in [0.15, 0.2) is 41.3 Å². The molecule has 0 spiro atoms. The highest BCUT2D eigenvalue weighted by molar-refractivity contribution is 7.93. The molecule has 0 aliphatic carbocycles. The number of sulfone groups is 1. The second kappa shape index (κ2) is 6.90. The number of benzene rings is 1. The molecule has 2 aromatic heterocycles. The van der Waals surface area contributed by atoms with Gasteiger partial charge in [0.05, 0.1) is 22.5 Å². The van der Waals surface area contributed by atoms with Crippen LogP contribution in [0.2, 0.25) is 5.02 Å². The molecule has 0 unspecified atom stereocenters. The average molecular weight is 468 g/mol. The summed E-state index contributed by atoms with van der Waals surface area (Å²) in [4.78, 5) is 5.11. The molecule has 158 valence electrons. The van der Waals surface area contributed by atoms with Crippen molar-refractivity contribution >= 4 is 38.6 Å². The zero-order valence-electron chi connectivity index (χ0n) is 16.4. The molecule has 1 fully saturated rings. The van der Waals surface area contributed by atoms with Crippen LogP contribution in [0, 0.1) is 11.2 Å². The van der Waals surface area contributed by atoms with Crippen LogP contribution >= 0.6 is 22.9 Å². The Balaban J connectivity index is 1.77. The van der Waals surface area contributed by atoms with Crippen LogP contribution in [0.5, 0.6) is 0 Å². The molecule has 1 atom stereocenters. The van der Waals surface area contributed by atoms with E-state index >= 15 is 0 Å². The monoisotopic (exact) mass is 467 g/mol. The lowest BCUT2D eigenvalue weighted by Gasteiger charge is -2.42. The van der Waals surface area contributed by atoms with Crippen LogP contribution in [-0.4, -0.2) is 29.7 Å². The van der Waals surface area contributed by atoms with E-state index in [1.54, 1.807) is 19.1 Å². The van der Waals surface area contributed by atoms with Crippen molar-refractivity contribution < 1.29 is 17.2 Å². The molecule has 0 amide bonds. The first-order chi connectivity index (χ1) is 13.9. The summed E-state index contributed by atoms with van der Waals surface area (Å²) in [5.74, 6) is -0.304. The molecule has 1 saturated heterocycles. The molecule has 1 aromatic carbocycles. The molecule has 0 radical (unpaired) electrons. The van der Waals surface area contributed by atoms with Gasteiger partial charge < -0.3 is 9.73 Å². The zero-order chi connectivity index (χ0) is 21.9. The summed E-state index contributed by atoms with van der Waals surface area (Å²) in [5.41, 5.74) is 0.0471. The Hall–Kier alpha value is -2.23. The highest BCUT2D eigenvalue weighted by Crippen LogP contribution is 2.44. The summed E-state index contributed by atoms with van der Waals surface area (Å²) >= 11 is 7.76. The fourth-order valence-electron chi connectivity index (χ4n) is 3.42. The van der Waals surface area contributed by atoms with Crippen molar-refractivity contribution in [1.82, 2.24) is 10.3 Å². The summed E-state index contributed by atoms with van der Waals surface area (Å²) in [7, 11) is -3.60. The molecule has 1 aliphatic rings. The van der Waals surface area contributed by atoms with Gasteiger partial charge in [0.15, 0.2) is 22.0 Å². The summed E-state index contributed by atoms with van der Waals surface area (Å²) in [6.07, 6.45) is 2.77. The number of amidine groups is 1. The highest BCUT2D eigenvalue weighted by atomic mass is 35.5. The zero-order valence-corrected chi connectivity index (χ0v) is 18.8. The van der Waals surface area contributed by atoms with Gasteiger partial charge in [0.1, 0.15) is 16.4 Å². The first-order valence-corrected chi connectivity index (χ1v) is 11.9. The highest BCUT2D eigenvalue weighted by Gasteiger charge is 2.51. The molecule has 0 saturated carbocycles. The number of rotatable bonds is 3. The lowest BCUT2D eigenvalue weighted by atomic mass is 10.00. The summed E-state index contributed by atoms with van der Waals surface area (Å²) in [6.45, 7) is 4.73. The van der Waals surface area contributed by atoms with Gasteiger partial charge in [-0.25, -0.2) is 17.8 Å². The Morgan fingerprint density at radius 3 is 2.57 bits per heavy atom. The Kier molecular flexibility index (Phi) is 4.83. The second-order valence-electron chi connectivity index (χ2n) is 7.98. The van der Waals surface area contributed by atoms with Crippen LogP contribution in [0.1, 0.15) is 25.6 Å². The van der Waals surface area contributed by atoms with Crippen LogP contribution in [0.4, 0.5) is 4.39 Å². The Morgan fingerprint density at radius 2 is 1.93 bits per heavy atom. The van der Waals surface area contributed by atoms with Crippen molar-refractivity contribution in [1.29, 1.82) is 5.41 Å². The molecular formula is C20H19ClFN3O3S2. The van der Waals surface area contributed by atoms with E-state index in [4.69, 9.17) is 21.4 Å². The molecule has 6 nitrogen and oxygen atoms in total. The number of oxazole rings is 1. The van der Waals surface area contributed by atoms with Crippen LogP contribution in [0.3, 0.4) is 0 Å². The van der Waals surface area contributed by atoms with Gasteiger partial charge in [0.25, 0.3) is 0 Å². The van der Waals surface area contributed by atoms with E-state index in [9.17, 15) is 12.8 Å². The lowest BCUT2D eigenvalue weighted by molar-refractivity contribution is 0.450. The van der Waals surface area contributed by atoms with Gasteiger partial charge in [-0.15, -0.1) is 11.3 Å². The fraction of sp³-hybridized carbons (Fsp3) is 0.300. The normalized spacial score (nSPS) is 22.6. The van der Waals surface area contributed by atoms with Crippen molar-refractivity contribution in [2.75, 3.05) is 5.75 Å². The molecule has 2 N–H and O–H groups in total. The molecular weight excluding hydrogens is 449 g/mol. The summed E-state index contributed by atoms with van der Waals surface area (Å²) in [6, 6.07) is 6.17. The number of halogens is 2. The second-order valence-corrected chi connectivity index (χ2v) is 12.0. The molecule has 1 aliphatic heterocycles. The van der Waals surface area contributed by atoms with E-state index in [1.165, 1.54) is 49.9 Å². The van der Waals surface area contributed by atoms with Crippen molar-refractivity contribution in [3.8, 4) is 21.8 Å². The Labute approximate surface area is 182 Å². The largest absolute Gasteiger partial charge is 0.444 e. The smallest absolute Gasteiger partial charge is 0.181 e. The van der Waals surface area contributed by atoms with Gasteiger partial charge in [-0.05, 0) is 50.6 Å². The minimum Gasteiger partial charge on any atom is -0.444 e. The first-order valence-electron chi connectivity index (χ1n) is 9.02. The number of nitrogens with zero attached hydrogens (tertiary/aromatic N) is 1. The predicted octanol–water partition coefficient (Wildman–Crippen LogP) is 4.85. The third-order valence-corrected chi connectivity index (χ3v) is 9.92. The maximum atomic E-state index is 14.3. The molecule has 30 heavy (non-hydrogen) atoms. The standard InChI is InChI=1S/C20H19ClFN3O3S2/c1-19(2)18(23)25-20(3,9-30(19,26)27)17-14(21)7-16(29-17)12-4-11(5-13(22)6-12)15-8-24-10-28-15/h4-8,10H,9H2,1-3H3,(H2,23,25)/t20-/m0/s1. The van der Waals surface area contributed by atoms with Crippen LogP contribution < -0.4 is 5.32 Å². The third-order valence-electron chi connectivity index (χ3n) is 5.35. The van der Waals surface area contributed by atoms with Crippen molar-refractivity contribution in [2.45, 2.75) is 31.1 Å². The number of hydrogen-bond acceptors (Lipinski definition) is 6. The fourth-order valence-corrected chi connectivity index (χ4v) is 6.85. The van der Waals surface area contributed by atoms with Gasteiger partial charge in [0.2, 0.25) is 0 Å². The number of nitrogens with one attached hydrogen (secondary N) is 2. The SMILES string of the molecule is CC1(C)C(=N)N[C@](C)(c2sc(-c3cc(F)cc(-c4cnco4)c3)cc2Cl)CS1(=O)=O. The molecule has 3 aromatic rings. The summed E-state index contributed by atoms with van der Waals surface area (Å²) < 4.78 is 43.9. The van der Waals surface area contributed by atoms with Gasteiger partial charge >= 0.3 is 0 Å². The van der Waals surface area contributed by atoms with Crippen LogP contribution in [0.25, 0.3) is 21.8 Å². The first kappa shape index (κ1) is 21.0. The maximum absolute atomic E-state index is 14.3. The van der Waals surface area contributed by atoms with E-state index < -0.39 is 25.9 Å². The van der Waals surface area contributed by atoms with Gasteiger partial charge in [0, 0.05) is 15.3 Å². The van der Waals surface area contributed by atoms with Gasteiger partial charge in [-0.1, -0.05) is 11.6 Å². The maximum Gasteiger partial charge on any atom is 0.181 e. The topological polar surface area (TPSA) is 96.1 Å². The van der Waals surface area contributed by atoms with E-state index in [-0.39, 0.29) is 11.6 Å². The van der Waals surface area contributed by atoms with Gasteiger partial charge in [-0.2, -0.15) is 0 Å². The van der Waals surface area contributed by atoms with E-state index in [0.29, 0.717) is 31.7 Å². The minimum absolute atomic E-state index is 0.0828. The van der Waals surface area contributed by atoms with Crippen molar-refractivity contribution in [2.24, 2.45) is 0 Å². The predicted molar refractivity (Wildman–Crippen MR) is 116 cm³/mol. The number of thiophene rings is 1. The van der Waals surface area contributed by atoms with Crippen molar-refractivity contribution in [3.05, 3.63) is 52.6 Å². The average Bonchev–Trinajstić information content (AvgIpc) is 3.29. The van der Waals surface area contributed by atoms with Gasteiger partial charge in [-0.3, -0.25) is 5.41 Å². The molecule has 4 rings (SSSR count). The number of hydrogen-bond donors (Lipinski definition) is 2. The number of aromatic nitrogens is 1.